The highest BCUT2D eigenvalue weighted by atomic mass is 79.9. The predicted molar refractivity (Wildman–Crippen MR) is 80.7 cm³/mol. The molecule has 4 heteroatoms. The van der Waals surface area contributed by atoms with E-state index >= 15 is 0 Å². The SMILES string of the molecule is CCCC1CN(Cc2cccc(F)c2Br)CCCN1. The molecule has 1 aromatic rings. The Hall–Kier alpha value is -0.450. The highest BCUT2D eigenvalue weighted by molar-refractivity contribution is 9.10. The van der Waals surface area contributed by atoms with Crippen molar-refractivity contribution < 1.29 is 4.39 Å². The first-order valence-electron chi connectivity index (χ1n) is 7.09. The van der Waals surface area contributed by atoms with Gasteiger partial charge >= 0.3 is 0 Å². The first-order chi connectivity index (χ1) is 9.20. The zero-order valence-electron chi connectivity index (χ0n) is 11.5. The molecular weight excluding hydrogens is 307 g/mol. The Morgan fingerprint density at radius 2 is 2.32 bits per heavy atom. The van der Waals surface area contributed by atoms with E-state index in [4.69, 9.17) is 0 Å². The van der Waals surface area contributed by atoms with Crippen LogP contribution in [0.3, 0.4) is 0 Å². The van der Waals surface area contributed by atoms with E-state index in [-0.39, 0.29) is 5.82 Å². The van der Waals surface area contributed by atoms with Gasteiger partial charge in [0.2, 0.25) is 0 Å². The molecule has 19 heavy (non-hydrogen) atoms. The van der Waals surface area contributed by atoms with Crippen molar-refractivity contribution in [1.29, 1.82) is 0 Å². The van der Waals surface area contributed by atoms with Crippen LogP contribution in [0, 0.1) is 5.82 Å². The summed E-state index contributed by atoms with van der Waals surface area (Å²) in [5.41, 5.74) is 1.04. The molecule has 0 saturated carbocycles. The van der Waals surface area contributed by atoms with E-state index in [0.717, 1.165) is 38.2 Å². The Kier molecular flexibility index (Phi) is 5.79. The van der Waals surface area contributed by atoms with Crippen molar-refractivity contribution in [3.05, 3.63) is 34.1 Å². The fourth-order valence-corrected chi connectivity index (χ4v) is 3.06. The number of halogens is 2. The van der Waals surface area contributed by atoms with Crippen molar-refractivity contribution in [3.8, 4) is 0 Å². The first-order valence-corrected chi connectivity index (χ1v) is 7.88. The van der Waals surface area contributed by atoms with E-state index in [9.17, 15) is 4.39 Å². The fraction of sp³-hybridized carbons (Fsp3) is 0.600. The summed E-state index contributed by atoms with van der Waals surface area (Å²) in [6.45, 7) is 6.26. The lowest BCUT2D eigenvalue weighted by Crippen LogP contribution is -2.37. The average molecular weight is 329 g/mol. The van der Waals surface area contributed by atoms with Crippen LogP contribution in [0.15, 0.2) is 22.7 Å². The summed E-state index contributed by atoms with van der Waals surface area (Å²) in [6, 6.07) is 5.85. The van der Waals surface area contributed by atoms with Gasteiger partial charge in [-0.05, 0) is 53.5 Å². The third-order valence-electron chi connectivity index (χ3n) is 3.63. The summed E-state index contributed by atoms with van der Waals surface area (Å²) >= 11 is 3.36. The Balaban J connectivity index is 2.02. The van der Waals surface area contributed by atoms with Crippen molar-refractivity contribution in [3.63, 3.8) is 0 Å². The van der Waals surface area contributed by atoms with Crippen LogP contribution in [0.2, 0.25) is 0 Å². The van der Waals surface area contributed by atoms with Gasteiger partial charge in [-0.2, -0.15) is 0 Å². The molecule has 0 amide bonds. The summed E-state index contributed by atoms with van der Waals surface area (Å²) in [6.07, 6.45) is 3.57. The van der Waals surface area contributed by atoms with E-state index in [1.54, 1.807) is 6.07 Å². The molecule has 1 fully saturated rings. The van der Waals surface area contributed by atoms with Gasteiger partial charge in [0.05, 0.1) is 4.47 Å². The summed E-state index contributed by atoms with van der Waals surface area (Å²) < 4.78 is 14.1. The van der Waals surface area contributed by atoms with Gasteiger partial charge in [0.1, 0.15) is 5.82 Å². The molecule has 0 radical (unpaired) electrons. The number of hydrogen-bond acceptors (Lipinski definition) is 2. The molecule has 2 nitrogen and oxygen atoms in total. The normalized spacial score (nSPS) is 21.3. The largest absolute Gasteiger partial charge is 0.313 e. The van der Waals surface area contributed by atoms with Crippen LogP contribution in [-0.2, 0) is 6.54 Å². The number of hydrogen-bond donors (Lipinski definition) is 1. The Morgan fingerprint density at radius 3 is 3.11 bits per heavy atom. The van der Waals surface area contributed by atoms with Crippen molar-refractivity contribution in [2.75, 3.05) is 19.6 Å². The smallest absolute Gasteiger partial charge is 0.137 e. The molecule has 0 aliphatic carbocycles. The average Bonchev–Trinajstić information content (AvgIpc) is 2.61. The monoisotopic (exact) mass is 328 g/mol. The quantitative estimate of drug-likeness (QED) is 0.909. The van der Waals surface area contributed by atoms with Crippen LogP contribution in [0.4, 0.5) is 4.39 Å². The van der Waals surface area contributed by atoms with Crippen molar-refractivity contribution in [2.24, 2.45) is 0 Å². The van der Waals surface area contributed by atoms with Crippen LogP contribution in [0.5, 0.6) is 0 Å². The third-order valence-corrected chi connectivity index (χ3v) is 4.51. The van der Waals surface area contributed by atoms with Crippen molar-refractivity contribution >= 4 is 15.9 Å². The van der Waals surface area contributed by atoms with Gasteiger partial charge in [-0.25, -0.2) is 4.39 Å². The highest BCUT2D eigenvalue weighted by Crippen LogP contribution is 2.22. The number of nitrogens with one attached hydrogen (secondary N) is 1. The zero-order chi connectivity index (χ0) is 13.7. The van der Waals surface area contributed by atoms with Crippen LogP contribution in [0.1, 0.15) is 31.7 Å². The van der Waals surface area contributed by atoms with E-state index in [0.29, 0.717) is 10.5 Å². The maximum atomic E-state index is 13.5. The van der Waals surface area contributed by atoms with Crippen LogP contribution in [0.25, 0.3) is 0 Å². The highest BCUT2D eigenvalue weighted by Gasteiger charge is 2.18. The second kappa shape index (κ2) is 7.36. The maximum absolute atomic E-state index is 13.5. The van der Waals surface area contributed by atoms with Crippen LogP contribution < -0.4 is 5.32 Å². The number of rotatable bonds is 4. The fourth-order valence-electron chi connectivity index (χ4n) is 2.67. The van der Waals surface area contributed by atoms with Gasteiger partial charge < -0.3 is 5.32 Å². The molecule has 0 bridgehead atoms. The molecule has 106 valence electrons. The van der Waals surface area contributed by atoms with E-state index in [2.05, 4.69) is 33.1 Å². The zero-order valence-corrected chi connectivity index (χ0v) is 13.0. The molecule has 1 aliphatic rings. The molecule has 1 unspecified atom stereocenters. The summed E-state index contributed by atoms with van der Waals surface area (Å²) in [7, 11) is 0. The van der Waals surface area contributed by atoms with Gasteiger partial charge in [0, 0.05) is 19.1 Å². The Morgan fingerprint density at radius 1 is 1.47 bits per heavy atom. The minimum absolute atomic E-state index is 0.171. The van der Waals surface area contributed by atoms with Gasteiger partial charge in [-0.15, -0.1) is 0 Å². The lowest BCUT2D eigenvalue weighted by atomic mass is 10.1. The predicted octanol–water partition coefficient (Wildman–Crippen LogP) is 3.55. The maximum Gasteiger partial charge on any atom is 0.137 e. The second-order valence-electron chi connectivity index (χ2n) is 5.24. The van der Waals surface area contributed by atoms with E-state index in [1.165, 1.54) is 18.9 Å². The van der Waals surface area contributed by atoms with E-state index in [1.807, 2.05) is 6.07 Å². The van der Waals surface area contributed by atoms with Gasteiger partial charge in [0.25, 0.3) is 0 Å². The minimum atomic E-state index is -0.171. The molecule has 1 aromatic carbocycles. The number of nitrogens with zero attached hydrogens (tertiary/aromatic N) is 1. The topological polar surface area (TPSA) is 15.3 Å². The second-order valence-corrected chi connectivity index (χ2v) is 6.03. The third kappa shape index (κ3) is 4.26. The molecule has 1 heterocycles. The summed E-state index contributed by atoms with van der Waals surface area (Å²) in [4.78, 5) is 2.43. The molecule has 1 aliphatic heterocycles. The van der Waals surface area contributed by atoms with Crippen molar-refractivity contribution in [1.82, 2.24) is 10.2 Å². The minimum Gasteiger partial charge on any atom is -0.313 e. The molecule has 2 rings (SSSR count). The molecule has 0 aromatic heterocycles. The molecular formula is C15H22BrFN2. The van der Waals surface area contributed by atoms with E-state index < -0.39 is 0 Å². The Bertz CT molecular complexity index is 411. The molecule has 0 spiro atoms. The van der Waals surface area contributed by atoms with Crippen LogP contribution in [-0.4, -0.2) is 30.6 Å². The standard InChI is InChI=1S/C15H22BrFN2/c1-2-5-13-11-19(9-4-8-18-13)10-12-6-3-7-14(17)15(12)16/h3,6-7,13,18H,2,4-5,8-11H2,1H3. The molecule has 1 saturated heterocycles. The van der Waals surface area contributed by atoms with Gasteiger partial charge in [-0.1, -0.05) is 25.5 Å². The van der Waals surface area contributed by atoms with Gasteiger partial charge in [0.15, 0.2) is 0 Å². The van der Waals surface area contributed by atoms with Crippen molar-refractivity contribution in [2.45, 2.75) is 38.8 Å². The summed E-state index contributed by atoms with van der Waals surface area (Å²) in [5, 5.41) is 3.60. The first kappa shape index (κ1) is 14.9. The lowest BCUT2D eigenvalue weighted by Gasteiger charge is -2.24. The summed E-state index contributed by atoms with van der Waals surface area (Å²) in [5.74, 6) is -0.171. The lowest BCUT2D eigenvalue weighted by molar-refractivity contribution is 0.254. The van der Waals surface area contributed by atoms with Crippen LogP contribution >= 0.6 is 15.9 Å². The Labute approximate surface area is 123 Å². The van der Waals surface area contributed by atoms with Gasteiger partial charge in [-0.3, -0.25) is 4.90 Å². The number of benzene rings is 1. The molecule has 1 N–H and O–H groups in total. The molecule has 1 atom stereocenters.